The zero-order chi connectivity index (χ0) is 11.4. The van der Waals surface area contributed by atoms with Crippen LogP contribution in [0.25, 0.3) is 0 Å². The van der Waals surface area contributed by atoms with E-state index in [1.54, 1.807) is 7.11 Å². The Labute approximate surface area is 92.6 Å². The lowest BCUT2D eigenvalue weighted by Gasteiger charge is -2.39. The average molecular weight is 223 g/mol. The minimum atomic E-state index is -0.469. The van der Waals surface area contributed by atoms with Gasteiger partial charge in [0.2, 0.25) is 0 Å². The van der Waals surface area contributed by atoms with Crippen LogP contribution in [0.5, 0.6) is 0 Å². The smallest absolute Gasteiger partial charge is 0.0729 e. The number of halogens is 1. The van der Waals surface area contributed by atoms with E-state index in [9.17, 15) is 5.11 Å². The van der Waals surface area contributed by atoms with Crippen LogP contribution >= 0.6 is 11.6 Å². The zero-order valence-corrected chi connectivity index (χ0v) is 10.7. The summed E-state index contributed by atoms with van der Waals surface area (Å²) in [5, 5.41) is 9.85. The highest BCUT2D eigenvalue weighted by molar-refractivity contribution is 6.18. The first-order chi connectivity index (χ1) is 6.31. The monoisotopic (exact) mass is 222 g/mol. The summed E-state index contributed by atoms with van der Waals surface area (Å²) >= 11 is 5.70. The van der Waals surface area contributed by atoms with E-state index in [2.05, 4.69) is 13.8 Å². The van der Waals surface area contributed by atoms with Crippen molar-refractivity contribution in [2.75, 3.05) is 13.0 Å². The predicted octanol–water partition coefficient (Wildman–Crippen LogP) is 2.82. The molecule has 2 unspecified atom stereocenters. The molecule has 2 nitrogen and oxygen atoms in total. The molecule has 0 radical (unpaired) electrons. The van der Waals surface area contributed by atoms with Crippen molar-refractivity contribution in [3.8, 4) is 0 Å². The quantitative estimate of drug-likeness (QED) is 0.701. The highest BCUT2D eigenvalue weighted by Crippen LogP contribution is 2.36. The van der Waals surface area contributed by atoms with Gasteiger partial charge in [0.05, 0.1) is 11.7 Å². The molecule has 0 spiro atoms. The number of aliphatic hydroxyl groups is 1. The van der Waals surface area contributed by atoms with Crippen LogP contribution in [0.15, 0.2) is 0 Å². The summed E-state index contributed by atoms with van der Waals surface area (Å²) in [6.45, 7) is 8.19. The van der Waals surface area contributed by atoms with Gasteiger partial charge >= 0.3 is 0 Å². The lowest BCUT2D eigenvalue weighted by molar-refractivity contribution is -0.0534. The molecule has 0 aliphatic carbocycles. The van der Waals surface area contributed by atoms with Gasteiger partial charge in [0, 0.05) is 13.0 Å². The van der Waals surface area contributed by atoms with Crippen molar-refractivity contribution in [3.63, 3.8) is 0 Å². The van der Waals surface area contributed by atoms with Gasteiger partial charge in [-0.25, -0.2) is 0 Å². The molecular formula is C11H23ClO2. The van der Waals surface area contributed by atoms with Crippen LogP contribution in [-0.2, 0) is 4.74 Å². The Morgan fingerprint density at radius 3 is 2.14 bits per heavy atom. The average Bonchev–Trinajstić information content (AvgIpc) is 2.15. The van der Waals surface area contributed by atoms with Gasteiger partial charge in [-0.15, -0.1) is 11.6 Å². The summed E-state index contributed by atoms with van der Waals surface area (Å²) < 4.78 is 5.38. The third-order valence-corrected chi connectivity index (χ3v) is 3.43. The lowest BCUT2D eigenvalue weighted by atomic mass is 9.74. The minimum Gasteiger partial charge on any atom is -0.391 e. The van der Waals surface area contributed by atoms with E-state index >= 15 is 0 Å². The molecule has 0 aromatic heterocycles. The standard InChI is InChI=1S/C11H23ClO2/c1-6-11(4,9(13)7-12)8-10(2,3)14-5/h9,13H,6-8H2,1-5H3. The van der Waals surface area contributed by atoms with E-state index < -0.39 is 6.10 Å². The molecule has 0 rings (SSSR count). The van der Waals surface area contributed by atoms with Crippen LogP contribution in [0.2, 0.25) is 0 Å². The van der Waals surface area contributed by atoms with Crippen molar-refractivity contribution >= 4 is 11.6 Å². The molecule has 0 aliphatic rings. The molecule has 0 saturated heterocycles. The van der Waals surface area contributed by atoms with Gasteiger partial charge in [0.15, 0.2) is 0 Å². The fraction of sp³-hybridized carbons (Fsp3) is 1.00. The van der Waals surface area contributed by atoms with Gasteiger partial charge in [-0.3, -0.25) is 0 Å². The largest absolute Gasteiger partial charge is 0.391 e. The third kappa shape index (κ3) is 3.76. The molecule has 0 fully saturated rings. The van der Waals surface area contributed by atoms with Crippen LogP contribution in [0.4, 0.5) is 0 Å². The van der Waals surface area contributed by atoms with Crippen LogP contribution in [0.3, 0.4) is 0 Å². The Morgan fingerprint density at radius 2 is 1.86 bits per heavy atom. The van der Waals surface area contributed by atoms with E-state index in [4.69, 9.17) is 16.3 Å². The maximum Gasteiger partial charge on any atom is 0.0729 e. The Kier molecular flexibility index (Phi) is 5.42. The molecular weight excluding hydrogens is 200 g/mol. The SMILES string of the molecule is CCC(C)(CC(C)(C)OC)C(O)CCl. The first kappa shape index (κ1) is 14.2. The number of aliphatic hydroxyl groups excluding tert-OH is 1. The van der Waals surface area contributed by atoms with Crippen molar-refractivity contribution in [3.05, 3.63) is 0 Å². The fourth-order valence-corrected chi connectivity index (χ4v) is 2.08. The molecule has 0 aliphatic heterocycles. The van der Waals surface area contributed by atoms with Crippen molar-refractivity contribution in [1.29, 1.82) is 0 Å². The lowest BCUT2D eigenvalue weighted by Crippen LogP contribution is -2.40. The Balaban J connectivity index is 4.54. The first-order valence-electron chi connectivity index (χ1n) is 5.10. The number of ether oxygens (including phenoxy) is 1. The van der Waals surface area contributed by atoms with Crippen molar-refractivity contribution in [2.45, 2.75) is 52.2 Å². The summed E-state index contributed by atoms with van der Waals surface area (Å²) in [5.41, 5.74) is -0.376. The van der Waals surface area contributed by atoms with E-state index in [0.717, 1.165) is 12.8 Å². The second kappa shape index (κ2) is 5.34. The highest BCUT2D eigenvalue weighted by Gasteiger charge is 2.36. The summed E-state index contributed by atoms with van der Waals surface area (Å²) in [6, 6.07) is 0. The van der Waals surface area contributed by atoms with Crippen LogP contribution < -0.4 is 0 Å². The predicted molar refractivity (Wildman–Crippen MR) is 60.8 cm³/mol. The topological polar surface area (TPSA) is 29.5 Å². The second-order valence-electron chi connectivity index (χ2n) is 4.82. The molecule has 3 heteroatoms. The number of hydrogen-bond donors (Lipinski definition) is 1. The summed E-state index contributed by atoms with van der Waals surface area (Å²) in [7, 11) is 1.70. The zero-order valence-electron chi connectivity index (χ0n) is 9.93. The third-order valence-electron chi connectivity index (χ3n) is 3.14. The van der Waals surface area contributed by atoms with Crippen molar-refractivity contribution < 1.29 is 9.84 Å². The fourth-order valence-electron chi connectivity index (χ4n) is 1.71. The number of rotatable bonds is 6. The molecule has 0 amide bonds. The van der Waals surface area contributed by atoms with Crippen molar-refractivity contribution in [2.24, 2.45) is 5.41 Å². The van der Waals surface area contributed by atoms with E-state index in [1.165, 1.54) is 0 Å². The Hall–Kier alpha value is 0.210. The maximum absolute atomic E-state index is 9.85. The van der Waals surface area contributed by atoms with Crippen molar-refractivity contribution in [1.82, 2.24) is 0 Å². The minimum absolute atomic E-state index is 0.165. The number of hydrogen-bond acceptors (Lipinski definition) is 2. The number of alkyl halides is 1. The summed E-state index contributed by atoms with van der Waals surface area (Å²) in [4.78, 5) is 0. The molecule has 0 saturated carbocycles. The van der Waals surface area contributed by atoms with Gasteiger partial charge < -0.3 is 9.84 Å². The molecule has 14 heavy (non-hydrogen) atoms. The first-order valence-corrected chi connectivity index (χ1v) is 5.64. The van der Waals surface area contributed by atoms with Gasteiger partial charge in [-0.2, -0.15) is 0 Å². The van der Waals surface area contributed by atoms with Gasteiger partial charge in [0.25, 0.3) is 0 Å². The Bertz CT molecular complexity index is 171. The van der Waals surface area contributed by atoms with Crippen LogP contribution in [-0.4, -0.2) is 29.8 Å². The van der Waals surface area contributed by atoms with E-state index in [1.807, 2.05) is 13.8 Å². The highest BCUT2D eigenvalue weighted by atomic mass is 35.5. The summed E-state index contributed by atoms with van der Waals surface area (Å²) in [5.74, 6) is 0.282. The maximum atomic E-state index is 9.85. The summed E-state index contributed by atoms with van der Waals surface area (Å²) in [6.07, 6.45) is 1.23. The molecule has 86 valence electrons. The van der Waals surface area contributed by atoms with E-state index in [-0.39, 0.29) is 16.9 Å². The van der Waals surface area contributed by atoms with E-state index in [0.29, 0.717) is 0 Å². The Morgan fingerprint density at radius 1 is 1.36 bits per heavy atom. The normalized spacial score (nSPS) is 19.1. The molecule has 1 N–H and O–H groups in total. The molecule has 0 heterocycles. The second-order valence-corrected chi connectivity index (χ2v) is 5.13. The molecule has 0 bridgehead atoms. The van der Waals surface area contributed by atoms with Gasteiger partial charge in [-0.1, -0.05) is 13.8 Å². The van der Waals surface area contributed by atoms with Gasteiger partial charge in [-0.05, 0) is 32.1 Å². The molecule has 2 atom stereocenters. The van der Waals surface area contributed by atoms with Gasteiger partial charge in [0.1, 0.15) is 0 Å². The van der Waals surface area contributed by atoms with Crippen LogP contribution in [0, 0.1) is 5.41 Å². The molecule has 0 aromatic rings. The number of methoxy groups -OCH3 is 1. The molecule has 0 aromatic carbocycles. The van der Waals surface area contributed by atoms with Crippen LogP contribution in [0.1, 0.15) is 40.5 Å².